The van der Waals surface area contributed by atoms with Crippen LogP contribution in [0.3, 0.4) is 0 Å². The van der Waals surface area contributed by atoms with Gasteiger partial charge in [-0.1, -0.05) is 6.58 Å². The summed E-state index contributed by atoms with van der Waals surface area (Å²) in [7, 11) is 0. The predicted molar refractivity (Wildman–Crippen MR) is 63.8 cm³/mol. The van der Waals surface area contributed by atoms with Crippen molar-refractivity contribution in [3.8, 4) is 0 Å². The summed E-state index contributed by atoms with van der Waals surface area (Å²) in [4.78, 5) is 23.0. The molecule has 3 fully saturated rings. The standard InChI is InChI=1S/C14H18O4/c1-7(2)14(16)17-4-3-8-9-5-11(15)10-6-12(8)18-13(9)10/h8-10,12-13H,1,3-6H2,2H3. The van der Waals surface area contributed by atoms with E-state index in [1.54, 1.807) is 6.92 Å². The molecular formula is C14H18O4. The molecule has 0 radical (unpaired) electrons. The van der Waals surface area contributed by atoms with E-state index in [4.69, 9.17) is 9.47 Å². The maximum absolute atomic E-state index is 11.7. The number of carbonyl (C=O) groups excluding carboxylic acids is 2. The van der Waals surface area contributed by atoms with Crippen molar-refractivity contribution in [1.82, 2.24) is 0 Å². The van der Waals surface area contributed by atoms with Crippen molar-refractivity contribution in [3.63, 3.8) is 0 Å². The highest BCUT2D eigenvalue weighted by Gasteiger charge is 2.60. The highest BCUT2D eigenvalue weighted by molar-refractivity contribution is 5.87. The molecule has 98 valence electrons. The van der Waals surface area contributed by atoms with Gasteiger partial charge in [0, 0.05) is 17.9 Å². The van der Waals surface area contributed by atoms with Crippen LogP contribution >= 0.6 is 0 Å². The molecule has 0 N–H and O–H groups in total. The van der Waals surface area contributed by atoms with E-state index in [1.165, 1.54) is 0 Å². The van der Waals surface area contributed by atoms with Crippen LogP contribution in [-0.4, -0.2) is 30.6 Å². The number of ketones is 1. The lowest BCUT2D eigenvalue weighted by Gasteiger charge is -2.23. The van der Waals surface area contributed by atoms with Crippen LogP contribution in [0.2, 0.25) is 0 Å². The maximum Gasteiger partial charge on any atom is 0.333 e. The molecule has 2 saturated heterocycles. The Labute approximate surface area is 106 Å². The summed E-state index contributed by atoms with van der Waals surface area (Å²) >= 11 is 0. The second-order valence-electron chi connectivity index (χ2n) is 5.68. The van der Waals surface area contributed by atoms with E-state index in [-0.39, 0.29) is 24.1 Å². The first-order valence-electron chi connectivity index (χ1n) is 6.58. The molecule has 1 saturated carbocycles. The van der Waals surface area contributed by atoms with Gasteiger partial charge in [0.15, 0.2) is 0 Å². The average Bonchev–Trinajstić information content (AvgIpc) is 2.92. The molecule has 0 spiro atoms. The van der Waals surface area contributed by atoms with Crippen LogP contribution in [0.5, 0.6) is 0 Å². The lowest BCUT2D eigenvalue weighted by Crippen LogP contribution is -2.28. The second-order valence-corrected chi connectivity index (χ2v) is 5.68. The minimum Gasteiger partial charge on any atom is -0.462 e. The highest BCUT2D eigenvalue weighted by atomic mass is 16.5. The van der Waals surface area contributed by atoms with Crippen LogP contribution < -0.4 is 0 Å². The molecule has 5 unspecified atom stereocenters. The SMILES string of the molecule is C=C(C)C(=O)OCCC1C2CC3C(=O)CC1C3O2. The van der Waals surface area contributed by atoms with Crippen molar-refractivity contribution in [2.45, 2.75) is 38.4 Å². The summed E-state index contributed by atoms with van der Waals surface area (Å²) in [6.07, 6.45) is 2.69. The van der Waals surface area contributed by atoms with Gasteiger partial charge in [0.2, 0.25) is 0 Å². The van der Waals surface area contributed by atoms with E-state index in [0.29, 0.717) is 36.2 Å². The number of carbonyl (C=O) groups is 2. The van der Waals surface area contributed by atoms with Crippen molar-refractivity contribution < 1.29 is 19.1 Å². The van der Waals surface area contributed by atoms with E-state index in [0.717, 1.165) is 12.8 Å². The van der Waals surface area contributed by atoms with Crippen molar-refractivity contribution >= 4 is 11.8 Å². The second kappa shape index (κ2) is 4.19. The number of Topliss-reactive ketones (excluding diaryl/α,β-unsaturated/α-hetero) is 1. The lowest BCUT2D eigenvalue weighted by molar-refractivity contribution is -0.139. The zero-order chi connectivity index (χ0) is 12.9. The molecule has 18 heavy (non-hydrogen) atoms. The first-order valence-corrected chi connectivity index (χ1v) is 6.58. The topological polar surface area (TPSA) is 52.6 Å². The van der Waals surface area contributed by atoms with Crippen molar-refractivity contribution in [1.29, 1.82) is 0 Å². The van der Waals surface area contributed by atoms with Crippen molar-refractivity contribution in [2.24, 2.45) is 17.8 Å². The van der Waals surface area contributed by atoms with Gasteiger partial charge in [0.05, 0.1) is 18.8 Å². The van der Waals surface area contributed by atoms with Crippen molar-refractivity contribution in [2.75, 3.05) is 6.61 Å². The van der Waals surface area contributed by atoms with E-state index in [2.05, 4.69) is 6.58 Å². The van der Waals surface area contributed by atoms with Crippen LogP contribution in [0.25, 0.3) is 0 Å². The maximum atomic E-state index is 11.7. The molecule has 3 rings (SSSR count). The third kappa shape index (κ3) is 1.70. The van der Waals surface area contributed by atoms with Gasteiger partial charge in [-0.05, 0) is 31.6 Å². The molecule has 0 aromatic carbocycles. The largest absolute Gasteiger partial charge is 0.462 e. The molecule has 2 bridgehead atoms. The highest BCUT2D eigenvalue weighted by Crippen LogP contribution is 2.54. The van der Waals surface area contributed by atoms with Crippen LogP contribution in [-0.2, 0) is 19.1 Å². The van der Waals surface area contributed by atoms with E-state index in [9.17, 15) is 9.59 Å². The molecule has 1 aliphatic carbocycles. The Morgan fingerprint density at radius 1 is 1.56 bits per heavy atom. The minimum absolute atomic E-state index is 0.157. The Morgan fingerprint density at radius 2 is 2.33 bits per heavy atom. The number of esters is 1. The summed E-state index contributed by atoms with van der Waals surface area (Å²) in [5.41, 5.74) is 0.426. The van der Waals surface area contributed by atoms with Gasteiger partial charge < -0.3 is 9.47 Å². The lowest BCUT2D eigenvalue weighted by atomic mass is 9.78. The first-order chi connectivity index (χ1) is 8.58. The Balaban J connectivity index is 1.55. The first kappa shape index (κ1) is 11.9. The summed E-state index contributed by atoms with van der Waals surface area (Å²) in [5.74, 6) is 0.947. The fourth-order valence-corrected chi connectivity index (χ4v) is 3.71. The molecule has 4 nitrogen and oxygen atoms in total. The Bertz CT molecular complexity index is 414. The van der Waals surface area contributed by atoms with Crippen LogP contribution in [0.1, 0.15) is 26.2 Å². The molecule has 5 atom stereocenters. The fraction of sp³-hybridized carbons (Fsp3) is 0.714. The zero-order valence-corrected chi connectivity index (χ0v) is 10.6. The number of fused-ring (bicyclic) bond motifs is 1. The molecule has 3 aliphatic rings. The average molecular weight is 250 g/mol. The van der Waals surface area contributed by atoms with Crippen LogP contribution in [0.4, 0.5) is 0 Å². The number of ether oxygens (including phenoxy) is 2. The Hall–Kier alpha value is -1.16. The molecular weight excluding hydrogens is 232 g/mol. The fourth-order valence-electron chi connectivity index (χ4n) is 3.71. The minimum atomic E-state index is -0.334. The van der Waals surface area contributed by atoms with Gasteiger partial charge in [-0.25, -0.2) is 4.79 Å². The van der Waals surface area contributed by atoms with Gasteiger partial charge in [-0.3, -0.25) is 4.79 Å². The van der Waals surface area contributed by atoms with E-state index < -0.39 is 0 Å². The third-order valence-corrected chi connectivity index (χ3v) is 4.55. The molecule has 4 heteroatoms. The quantitative estimate of drug-likeness (QED) is 0.560. The van der Waals surface area contributed by atoms with Crippen LogP contribution in [0.15, 0.2) is 12.2 Å². The summed E-state index contributed by atoms with van der Waals surface area (Å²) in [6, 6.07) is 0. The zero-order valence-electron chi connectivity index (χ0n) is 10.6. The Morgan fingerprint density at radius 3 is 3.06 bits per heavy atom. The van der Waals surface area contributed by atoms with Crippen LogP contribution in [0, 0.1) is 17.8 Å². The smallest absolute Gasteiger partial charge is 0.333 e. The van der Waals surface area contributed by atoms with Gasteiger partial charge in [0.1, 0.15) is 5.78 Å². The predicted octanol–water partition coefficient (Wildman–Crippen LogP) is 1.49. The van der Waals surface area contributed by atoms with Gasteiger partial charge >= 0.3 is 5.97 Å². The number of rotatable bonds is 4. The summed E-state index contributed by atoms with van der Waals surface area (Å²) in [6.45, 7) is 5.59. The van der Waals surface area contributed by atoms with E-state index in [1.807, 2.05) is 0 Å². The van der Waals surface area contributed by atoms with Gasteiger partial charge in [0.25, 0.3) is 0 Å². The molecule has 0 amide bonds. The number of hydrogen-bond donors (Lipinski definition) is 0. The molecule has 2 heterocycles. The molecule has 0 aromatic heterocycles. The van der Waals surface area contributed by atoms with Gasteiger partial charge in [-0.15, -0.1) is 0 Å². The Kier molecular flexibility index (Phi) is 2.77. The number of hydrogen-bond acceptors (Lipinski definition) is 4. The normalized spacial score (nSPS) is 40.3. The van der Waals surface area contributed by atoms with Crippen molar-refractivity contribution in [3.05, 3.63) is 12.2 Å². The molecule has 0 aromatic rings. The summed E-state index contributed by atoms with van der Waals surface area (Å²) < 4.78 is 11.0. The van der Waals surface area contributed by atoms with E-state index >= 15 is 0 Å². The summed E-state index contributed by atoms with van der Waals surface area (Å²) in [5, 5.41) is 0. The monoisotopic (exact) mass is 250 g/mol. The molecule has 2 aliphatic heterocycles. The van der Waals surface area contributed by atoms with Gasteiger partial charge in [-0.2, -0.15) is 0 Å². The third-order valence-electron chi connectivity index (χ3n) is 4.55.